The van der Waals surface area contributed by atoms with Gasteiger partial charge in [0, 0.05) is 32.9 Å². The molecule has 254 valence electrons. The molecule has 0 aliphatic heterocycles. The standard InChI is InChI=1S/C51H34N2O/c1-51(2)43-28-24-31-13-6-7-16-35(31)48(43)41-25-23-33(29-44(41)51)34-26-27-40(37-18-9-8-17-36(34)37)50-52-45(32-14-4-3-5-15-32)30-46(53-50)42-21-12-20-39-38-19-10-11-22-47(38)54-49(39)42/h3-30H,1-2H3. The molecule has 2 heterocycles. The molecule has 2 aromatic heterocycles. The Balaban J connectivity index is 1.09. The molecule has 10 aromatic rings. The van der Waals surface area contributed by atoms with Gasteiger partial charge < -0.3 is 4.42 Å². The van der Waals surface area contributed by atoms with Gasteiger partial charge >= 0.3 is 0 Å². The Labute approximate surface area is 313 Å². The average Bonchev–Trinajstić information content (AvgIpc) is 3.72. The molecule has 0 radical (unpaired) electrons. The first-order valence-electron chi connectivity index (χ1n) is 18.6. The quantitative estimate of drug-likeness (QED) is 0.184. The second kappa shape index (κ2) is 11.6. The van der Waals surface area contributed by atoms with Crippen molar-refractivity contribution in [3.63, 3.8) is 0 Å². The molecule has 0 amide bonds. The maximum absolute atomic E-state index is 6.49. The van der Waals surface area contributed by atoms with Gasteiger partial charge in [-0.3, -0.25) is 0 Å². The van der Waals surface area contributed by atoms with E-state index in [9.17, 15) is 0 Å². The van der Waals surface area contributed by atoms with E-state index in [-0.39, 0.29) is 5.41 Å². The number of hydrogen-bond acceptors (Lipinski definition) is 3. The summed E-state index contributed by atoms with van der Waals surface area (Å²) < 4.78 is 6.49. The molecule has 3 heteroatoms. The maximum Gasteiger partial charge on any atom is 0.161 e. The fourth-order valence-corrected chi connectivity index (χ4v) is 8.83. The Morgan fingerprint density at radius 3 is 1.94 bits per heavy atom. The summed E-state index contributed by atoms with van der Waals surface area (Å²) in [5, 5.41) is 7.05. The number of benzene rings is 8. The molecule has 11 rings (SSSR count). The maximum atomic E-state index is 6.49. The smallest absolute Gasteiger partial charge is 0.161 e. The van der Waals surface area contributed by atoms with E-state index in [1.807, 2.05) is 18.2 Å². The van der Waals surface area contributed by atoms with Crippen LogP contribution in [0.5, 0.6) is 0 Å². The number of para-hydroxylation sites is 2. The normalized spacial score (nSPS) is 13.1. The van der Waals surface area contributed by atoms with Crippen molar-refractivity contribution in [2.24, 2.45) is 0 Å². The zero-order chi connectivity index (χ0) is 36.0. The molecule has 0 atom stereocenters. The topological polar surface area (TPSA) is 38.9 Å². The van der Waals surface area contributed by atoms with Crippen LogP contribution < -0.4 is 0 Å². The third-order valence-electron chi connectivity index (χ3n) is 11.5. The van der Waals surface area contributed by atoms with Crippen LogP contribution >= 0.6 is 0 Å². The zero-order valence-electron chi connectivity index (χ0n) is 30.0. The van der Waals surface area contributed by atoms with E-state index in [0.29, 0.717) is 5.82 Å². The molecule has 0 bridgehead atoms. The second-order valence-corrected chi connectivity index (χ2v) is 14.9. The van der Waals surface area contributed by atoms with E-state index in [0.717, 1.165) is 55.4 Å². The first kappa shape index (κ1) is 30.8. The highest BCUT2D eigenvalue weighted by atomic mass is 16.3. The summed E-state index contributed by atoms with van der Waals surface area (Å²) in [5.41, 5.74) is 14.1. The fourth-order valence-electron chi connectivity index (χ4n) is 8.83. The van der Waals surface area contributed by atoms with Gasteiger partial charge in [0.2, 0.25) is 0 Å². The number of furan rings is 1. The molecule has 0 N–H and O–H groups in total. The van der Waals surface area contributed by atoms with Crippen molar-refractivity contribution < 1.29 is 4.42 Å². The molecular formula is C51H34N2O. The Morgan fingerprint density at radius 1 is 0.426 bits per heavy atom. The van der Waals surface area contributed by atoms with Crippen LogP contribution in [0, 0.1) is 0 Å². The lowest BCUT2D eigenvalue weighted by atomic mass is 9.81. The monoisotopic (exact) mass is 690 g/mol. The molecule has 0 spiro atoms. The van der Waals surface area contributed by atoms with Crippen molar-refractivity contribution in [1.82, 2.24) is 9.97 Å². The first-order chi connectivity index (χ1) is 26.5. The predicted octanol–water partition coefficient (Wildman–Crippen LogP) is 13.7. The van der Waals surface area contributed by atoms with Gasteiger partial charge in [-0.2, -0.15) is 0 Å². The third kappa shape index (κ3) is 4.55. The van der Waals surface area contributed by atoms with Crippen LogP contribution in [0.3, 0.4) is 0 Å². The molecule has 1 aliphatic carbocycles. The SMILES string of the molecule is CC1(C)c2cc(-c3ccc(-c4nc(-c5ccccc5)cc(-c5cccc6c5oc5ccccc56)n4)c4ccccc34)ccc2-c2c1ccc1ccccc21. The van der Waals surface area contributed by atoms with E-state index in [1.54, 1.807) is 0 Å². The number of rotatable bonds is 4. The molecule has 3 nitrogen and oxygen atoms in total. The van der Waals surface area contributed by atoms with Crippen molar-refractivity contribution in [2.45, 2.75) is 19.3 Å². The van der Waals surface area contributed by atoms with Crippen LogP contribution in [0.15, 0.2) is 174 Å². The van der Waals surface area contributed by atoms with Gasteiger partial charge in [0.1, 0.15) is 11.2 Å². The summed E-state index contributed by atoms with van der Waals surface area (Å²) >= 11 is 0. The predicted molar refractivity (Wildman–Crippen MR) is 224 cm³/mol. The molecule has 0 saturated carbocycles. The van der Waals surface area contributed by atoms with Crippen LogP contribution in [0.4, 0.5) is 0 Å². The van der Waals surface area contributed by atoms with Gasteiger partial charge in [0.25, 0.3) is 0 Å². The largest absolute Gasteiger partial charge is 0.455 e. The van der Waals surface area contributed by atoms with Crippen LogP contribution in [0.2, 0.25) is 0 Å². The zero-order valence-corrected chi connectivity index (χ0v) is 30.0. The summed E-state index contributed by atoms with van der Waals surface area (Å²) in [6.07, 6.45) is 0. The third-order valence-corrected chi connectivity index (χ3v) is 11.5. The number of nitrogens with zero attached hydrogens (tertiary/aromatic N) is 2. The van der Waals surface area contributed by atoms with E-state index in [1.165, 1.54) is 49.5 Å². The summed E-state index contributed by atoms with van der Waals surface area (Å²) in [5.74, 6) is 0.680. The van der Waals surface area contributed by atoms with Gasteiger partial charge in [0.15, 0.2) is 5.82 Å². The Hall–Kier alpha value is -6.84. The molecule has 0 saturated heterocycles. The minimum absolute atomic E-state index is 0.120. The molecular weight excluding hydrogens is 657 g/mol. The molecule has 54 heavy (non-hydrogen) atoms. The summed E-state index contributed by atoms with van der Waals surface area (Å²) in [6.45, 7) is 4.72. The van der Waals surface area contributed by atoms with Crippen molar-refractivity contribution in [2.75, 3.05) is 0 Å². The van der Waals surface area contributed by atoms with Crippen LogP contribution in [0.25, 0.3) is 99.6 Å². The highest BCUT2D eigenvalue weighted by Gasteiger charge is 2.36. The molecule has 1 aliphatic rings. The summed E-state index contributed by atoms with van der Waals surface area (Å²) in [6, 6.07) is 60.5. The van der Waals surface area contributed by atoms with Crippen molar-refractivity contribution in [3.05, 3.63) is 181 Å². The van der Waals surface area contributed by atoms with Gasteiger partial charge in [-0.25, -0.2) is 9.97 Å². The molecule has 8 aromatic carbocycles. The van der Waals surface area contributed by atoms with Crippen LogP contribution in [-0.2, 0) is 5.41 Å². The fraction of sp³-hybridized carbons (Fsp3) is 0.0588. The van der Waals surface area contributed by atoms with Gasteiger partial charge in [0.05, 0.1) is 11.4 Å². The van der Waals surface area contributed by atoms with Crippen LogP contribution in [0.1, 0.15) is 25.0 Å². The van der Waals surface area contributed by atoms with E-state index < -0.39 is 0 Å². The number of hydrogen-bond donors (Lipinski definition) is 0. The average molecular weight is 691 g/mol. The first-order valence-corrected chi connectivity index (χ1v) is 18.6. The highest BCUT2D eigenvalue weighted by Crippen LogP contribution is 2.52. The van der Waals surface area contributed by atoms with E-state index in [4.69, 9.17) is 14.4 Å². The Kier molecular flexibility index (Phi) is 6.60. The van der Waals surface area contributed by atoms with E-state index >= 15 is 0 Å². The van der Waals surface area contributed by atoms with E-state index in [2.05, 4.69) is 166 Å². The highest BCUT2D eigenvalue weighted by molar-refractivity contribution is 6.10. The molecule has 0 unspecified atom stereocenters. The Morgan fingerprint density at radius 2 is 1.09 bits per heavy atom. The Bertz CT molecular complexity index is 3130. The summed E-state index contributed by atoms with van der Waals surface area (Å²) in [7, 11) is 0. The minimum Gasteiger partial charge on any atom is -0.455 e. The van der Waals surface area contributed by atoms with Crippen molar-refractivity contribution >= 4 is 43.5 Å². The van der Waals surface area contributed by atoms with Crippen LogP contribution in [-0.4, -0.2) is 9.97 Å². The van der Waals surface area contributed by atoms with Gasteiger partial charge in [-0.15, -0.1) is 0 Å². The lowest BCUT2D eigenvalue weighted by Crippen LogP contribution is -2.15. The number of fused-ring (bicyclic) bond motifs is 9. The second-order valence-electron chi connectivity index (χ2n) is 14.9. The summed E-state index contributed by atoms with van der Waals surface area (Å²) in [4.78, 5) is 10.6. The minimum atomic E-state index is -0.120. The van der Waals surface area contributed by atoms with Gasteiger partial charge in [-0.1, -0.05) is 153 Å². The van der Waals surface area contributed by atoms with Crippen molar-refractivity contribution in [3.8, 4) is 56.2 Å². The van der Waals surface area contributed by atoms with Gasteiger partial charge in [-0.05, 0) is 85.3 Å². The molecule has 0 fully saturated rings. The lowest BCUT2D eigenvalue weighted by molar-refractivity contribution is 0.661. The lowest BCUT2D eigenvalue weighted by Gasteiger charge is -2.22. The van der Waals surface area contributed by atoms with Crippen molar-refractivity contribution in [1.29, 1.82) is 0 Å². The number of aromatic nitrogens is 2.